The summed E-state index contributed by atoms with van der Waals surface area (Å²) in [7, 11) is 2.00. The lowest BCUT2D eigenvalue weighted by Gasteiger charge is -2.17. The summed E-state index contributed by atoms with van der Waals surface area (Å²) in [5, 5.41) is 4.58. The largest absolute Gasteiger partial charge is 0.313 e. The molecule has 21 heavy (non-hydrogen) atoms. The maximum absolute atomic E-state index is 4.56. The van der Waals surface area contributed by atoms with Crippen molar-refractivity contribution in [3.8, 4) is 0 Å². The first-order valence-electron chi connectivity index (χ1n) is 7.02. The van der Waals surface area contributed by atoms with Crippen LogP contribution in [0.1, 0.15) is 17.2 Å². The van der Waals surface area contributed by atoms with E-state index in [0.717, 1.165) is 16.4 Å². The SMILES string of the molecule is CNC(Cc1ccc(Br)cc1)c1cnc2ccccc2c1. The Labute approximate surface area is 133 Å². The molecular formula is C18H17BrN2. The molecule has 0 radical (unpaired) electrons. The smallest absolute Gasteiger partial charge is 0.0702 e. The van der Waals surface area contributed by atoms with Crippen molar-refractivity contribution in [2.45, 2.75) is 12.5 Å². The van der Waals surface area contributed by atoms with Crippen molar-refractivity contribution in [1.82, 2.24) is 10.3 Å². The molecular weight excluding hydrogens is 324 g/mol. The second-order valence-corrected chi connectivity index (χ2v) is 6.05. The highest BCUT2D eigenvalue weighted by Crippen LogP contribution is 2.22. The monoisotopic (exact) mass is 340 g/mol. The summed E-state index contributed by atoms with van der Waals surface area (Å²) < 4.78 is 1.11. The van der Waals surface area contributed by atoms with Crippen molar-refractivity contribution in [2.24, 2.45) is 0 Å². The summed E-state index contributed by atoms with van der Waals surface area (Å²) in [6, 6.07) is 19.2. The van der Waals surface area contributed by atoms with Crippen molar-refractivity contribution in [2.75, 3.05) is 7.05 Å². The molecule has 1 atom stereocenters. The minimum Gasteiger partial charge on any atom is -0.313 e. The van der Waals surface area contributed by atoms with Gasteiger partial charge in [0.25, 0.3) is 0 Å². The molecule has 3 rings (SSSR count). The first-order valence-corrected chi connectivity index (χ1v) is 7.82. The van der Waals surface area contributed by atoms with Gasteiger partial charge in [0.2, 0.25) is 0 Å². The number of benzene rings is 2. The Morgan fingerprint density at radius 3 is 2.62 bits per heavy atom. The molecule has 2 aromatic carbocycles. The molecule has 0 aliphatic carbocycles. The van der Waals surface area contributed by atoms with Gasteiger partial charge in [0.05, 0.1) is 5.52 Å². The van der Waals surface area contributed by atoms with E-state index in [1.807, 2.05) is 25.4 Å². The molecule has 1 unspecified atom stereocenters. The highest BCUT2D eigenvalue weighted by Gasteiger charge is 2.11. The number of likely N-dealkylation sites (N-methyl/N-ethyl adjacent to an activating group) is 1. The molecule has 0 amide bonds. The van der Waals surface area contributed by atoms with E-state index >= 15 is 0 Å². The Kier molecular flexibility index (Phi) is 4.32. The van der Waals surface area contributed by atoms with Gasteiger partial charge in [0.15, 0.2) is 0 Å². The van der Waals surface area contributed by atoms with Crippen LogP contribution in [0.25, 0.3) is 10.9 Å². The van der Waals surface area contributed by atoms with Crippen molar-refractivity contribution >= 4 is 26.8 Å². The number of rotatable bonds is 4. The van der Waals surface area contributed by atoms with E-state index in [1.54, 1.807) is 0 Å². The van der Waals surface area contributed by atoms with Crippen molar-refractivity contribution in [3.63, 3.8) is 0 Å². The summed E-state index contributed by atoms with van der Waals surface area (Å²) in [5.41, 5.74) is 3.57. The standard InChI is InChI=1S/C18H17BrN2/c1-20-18(10-13-6-8-16(19)9-7-13)15-11-14-4-2-3-5-17(14)21-12-15/h2-9,11-12,18,20H,10H2,1H3. The van der Waals surface area contributed by atoms with Crippen LogP contribution < -0.4 is 5.32 Å². The van der Waals surface area contributed by atoms with E-state index < -0.39 is 0 Å². The molecule has 0 fully saturated rings. The molecule has 106 valence electrons. The molecule has 0 bridgehead atoms. The molecule has 1 heterocycles. The van der Waals surface area contributed by atoms with Gasteiger partial charge in [-0.25, -0.2) is 0 Å². The third kappa shape index (κ3) is 3.31. The van der Waals surface area contributed by atoms with E-state index in [4.69, 9.17) is 0 Å². The summed E-state index contributed by atoms with van der Waals surface area (Å²) in [6.45, 7) is 0. The van der Waals surface area contributed by atoms with Gasteiger partial charge in [-0.05, 0) is 48.9 Å². The number of nitrogens with zero attached hydrogens (tertiary/aromatic N) is 1. The minimum absolute atomic E-state index is 0.267. The van der Waals surface area contributed by atoms with E-state index in [1.165, 1.54) is 16.5 Å². The third-order valence-corrected chi connectivity index (χ3v) is 4.24. The predicted octanol–water partition coefficient (Wildman–Crippen LogP) is 4.50. The number of aromatic nitrogens is 1. The first-order chi connectivity index (χ1) is 10.3. The van der Waals surface area contributed by atoms with Crippen molar-refractivity contribution < 1.29 is 0 Å². The van der Waals surface area contributed by atoms with Gasteiger partial charge in [-0.3, -0.25) is 4.98 Å². The van der Waals surface area contributed by atoms with Crippen LogP contribution in [0.5, 0.6) is 0 Å². The highest BCUT2D eigenvalue weighted by molar-refractivity contribution is 9.10. The van der Waals surface area contributed by atoms with Crippen molar-refractivity contribution in [3.05, 3.63) is 76.4 Å². The van der Waals surface area contributed by atoms with Crippen LogP contribution in [-0.4, -0.2) is 12.0 Å². The Morgan fingerprint density at radius 2 is 1.86 bits per heavy atom. The molecule has 1 N–H and O–H groups in total. The zero-order valence-electron chi connectivity index (χ0n) is 11.9. The van der Waals surface area contributed by atoms with Crippen LogP contribution in [0.15, 0.2) is 65.3 Å². The van der Waals surface area contributed by atoms with Crippen LogP contribution in [0.3, 0.4) is 0 Å². The molecule has 0 spiro atoms. The summed E-state index contributed by atoms with van der Waals surface area (Å²) in [4.78, 5) is 4.56. The van der Waals surface area contributed by atoms with Crippen LogP contribution in [0.4, 0.5) is 0 Å². The first kappa shape index (κ1) is 14.2. The highest BCUT2D eigenvalue weighted by atomic mass is 79.9. The number of hydrogen-bond acceptors (Lipinski definition) is 2. The van der Waals surface area contributed by atoms with Crippen LogP contribution in [0.2, 0.25) is 0 Å². The zero-order chi connectivity index (χ0) is 14.7. The fourth-order valence-electron chi connectivity index (χ4n) is 2.52. The summed E-state index contributed by atoms with van der Waals surface area (Å²) >= 11 is 3.48. The van der Waals surface area contributed by atoms with E-state index in [0.29, 0.717) is 0 Å². The lowest BCUT2D eigenvalue weighted by atomic mass is 9.99. The molecule has 0 saturated carbocycles. The van der Waals surface area contributed by atoms with E-state index in [9.17, 15) is 0 Å². The van der Waals surface area contributed by atoms with E-state index in [2.05, 4.69) is 68.7 Å². The van der Waals surface area contributed by atoms with Gasteiger partial charge >= 0.3 is 0 Å². The average Bonchev–Trinajstić information content (AvgIpc) is 2.54. The maximum Gasteiger partial charge on any atom is 0.0702 e. The van der Waals surface area contributed by atoms with Gasteiger partial charge in [0.1, 0.15) is 0 Å². The van der Waals surface area contributed by atoms with Crippen LogP contribution in [-0.2, 0) is 6.42 Å². The maximum atomic E-state index is 4.56. The second-order valence-electron chi connectivity index (χ2n) is 5.13. The molecule has 0 saturated heterocycles. The fraction of sp³-hybridized carbons (Fsp3) is 0.167. The molecule has 0 aliphatic heterocycles. The Hall–Kier alpha value is -1.71. The van der Waals surface area contributed by atoms with Gasteiger partial charge < -0.3 is 5.32 Å². The Balaban J connectivity index is 1.88. The quantitative estimate of drug-likeness (QED) is 0.756. The molecule has 0 aliphatic rings. The minimum atomic E-state index is 0.267. The molecule has 2 nitrogen and oxygen atoms in total. The number of hydrogen-bond donors (Lipinski definition) is 1. The molecule has 1 aromatic heterocycles. The number of fused-ring (bicyclic) bond motifs is 1. The molecule has 3 heteroatoms. The van der Waals surface area contributed by atoms with Gasteiger partial charge in [-0.2, -0.15) is 0 Å². The second kappa shape index (κ2) is 6.37. The number of pyridine rings is 1. The van der Waals surface area contributed by atoms with Crippen LogP contribution in [0, 0.1) is 0 Å². The number of nitrogens with one attached hydrogen (secondary N) is 1. The summed E-state index contributed by atoms with van der Waals surface area (Å²) in [6.07, 6.45) is 2.92. The van der Waals surface area contributed by atoms with E-state index in [-0.39, 0.29) is 6.04 Å². The third-order valence-electron chi connectivity index (χ3n) is 3.72. The molecule has 3 aromatic rings. The van der Waals surface area contributed by atoms with Crippen molar-refractivity contribution in [1.29, 1.82) is 0 Å². The Bertz CT molecular complexity index is 738. The van der Waals surface area contributed by atoms with Crippen LogP contribution >= 0.6 is 15.9 Å². The topological polar surface area (TPSA) is 24.9 Å². The predicted molar refractivity (Wildman–Crippen MR) is 91.4 cm³/mol. The number of halogens is 1. The summed E-state index contributed by atoms with van der Waals surface area (Å²) in [5.74, 6) is 0. The Morgan fingerprint density at radius 1 is 1.10 bits per heavy atom. The number of para-hydroxylation sites is 1. The fourth-order valence-corrected chi connectivity index (χ4v) is 2.79. The zero-order valence-corrected chi connectivity index (χ0v) is 13.5. The van der Waals surface area contributed by atoms with Gasteiger partial charge in [-0.15, -0.1) is 0 Å². The average molecular weight is 341 g/mol. The lowest BCUT2D eigenvalue weighted by Crippen LogP contribution is -2.19. The van der Waals surface area contributed by atoms with Gasteiger partial charge in [-0.1, -0.05) is 46.3 Å². The lowest BCUT2D eigenvalue weighted by molar-refractivity contribution is 0.591. The van der Waals surface area contributed by atoms with Gasteiger partial charge in [0, 0.05) is 22.1 Å². The normalized spacial score (nSPS) is 12.5.